The predicted molar refractivity (Wildman–Crippen MR) is 44.9 cm³/mol. The molecule has 0 heterocycles. The molecule has 0 aliphatic rings. The summed E-state index contributed by atoms with van der Waals surface area (Å²) >= 11 is 0. The van der Waals surface area contributed by atoms with Crippen molar-refractivity contribution in [1.82, 2.24) is 0 Å². The molecule has 0 saturated heterocycles. The van der Waals surface area contributed by atoms with Gasteiger partial charge in [-0.3, -0.25) is 0 Å². The summed E-state index contributed by atoms with van der Waals surface area (Å²) in [6.07, 6.45) is 0. The molecule has 1 aromatic carbocycles. The molecular weight excluding hydrogens is 225 g/mol. The maximum Gasteiger partial charge on any atom is 0.144 e. The van der Waals surface area contributed by atoms with Crippen LogP contribution in [0.3, 0.4) is 0 Å². The van der Waals surface area contributed by atoms with Gasteiger partial charge in [-0.15, -0.1) is 5.54 Å². The Morgan fingerprint density at radius 3 is 2.36 bits per heavy atom. The SMILES string of the molecule is C[Si]C#Cc1ccccc1.[Y]. The van der Waals surface area contributed by atoms with E-state index in [1.165, 1.54) is 0 Å². The van der Waals surface area contributed by atoms with Gasteiger partial charge in [-0.05, 0) is 12.1 Å². The zero-order chi connectivity index (χ0) is 7.23. The van der Waals surface area contributed by atoms with Gasteiger partial charge < -0.3 is 0 Å². The quantitative estimate of drug-likeness (QED) is 0.473. The van der Waals surface area contributed by atoms with Crippen LogP contribution in [0.2, 0.25) is 6.55 Å². The first kappa shape index (κ1) is 11.1. The molecule has 51 valence electrons. The van der Waals surface area contributed by atoms with Crippen LogP contribution < -0.4 is 0 Å². The first-order chi connectivity index (χ1) is 4.93. The Morgan fingerprint density at radius 2 is 1.82 bits per heavy atom. The third-order valence-electron chi connectivity index (χ3n) is 1.11. The van der Waals surface area contributed by atoms with Crippen LogP contribution in [0.15, 0.2) is 30.3 Å². The fourth-order valence-electron chi connectivity index (χ4n) is 0.656. The Morgan fingerprint density at radius 1 is 1.18 bits per heavy atom. The molecule has 1 rings (SSSR count). The summed E-state index contributed by atoms with van der Waals surface area (Å²) < 4.78 is 0. The van der Waals surface area contributed by atoms with Crippen LogP contribution >= 0.6 is 0 Å². The molecule has 0 N–H and O–H groups in total. The Bertz CT molecular complexity index is 245. The summed E-state index contributed by atoms with van der Waals surface area (Å²) in [7, 11) is 0.722. The van der Waals surface area contributed by atoms with Gasteiger partial charge in [0, 0.05) is 38.3 Å². The molecule has 0 amide bonds. The molecule has 3 radical (unpaired) electrons. The monoisotopic (exact) mass is 233 g/mol. The summed E-state index contributed by atoms with van der Waals surface area (Å²) in [4.78, 5) is 0. The topological polar surface area (TPSA) is 0 Å². The van der Waals surface area contributed by atoms with Crippen molar-refractivity contribution < 1.29 is 32.7 Å². The van der Waals surface area contributed by atoms with Crippen molar-refractivity contribution in [1.29, 1.82) is 0 Å². The van der Waals surface area contributed by atoms with Gasteiger partial charge in [-0.25, -0.2) is 0 Å². The second-order valence-electron chi connectivity index (χ2n) is 1.87. The Hall–Kier alpha value is 0.101. The van der Waals surface area contributed by atoms with Crippen LogP contribution in [-0.2, 0) is 32.7 Å². The van der Waals surface area contributed by atoms with E-state index in [0.717, 1.165) is 15.1 Å². The summed E-state index contributed by atoms with van der Waals surface area (Å²) in [6, 6.07) is 10.0. The fourth-order valence-corrected chi connectivity index (χ4v) is 0.925. The average Bonchev–Trinajstić information content (AvgIpc) is 2.03. The van der Waals surface area contributed by atoms with Gasteiger partial charge in [0.15, 0.2) is 0 Å². The summed E-state index contributed by atoms with van der Waals surface area (Å²) in [5.41, 5.74) is 4.15. The molecule has 0 aliphatic heterocycles. The average molecular weight is 233 g/mol. The van der Waals surface area contributed by atoms with E-state index < -0.39 is 0 Å². The molecular formula is C9H8SiY. The number of hydrogen-bond donors (Lipinski definition) is 0. The van der Waals surface area contributed by atoms with E-state index in [1.807, 2.05) is 30.3 Å². The van der Waals surface area contributed by atoms with Crippen molar-refractivity contribution in [2.75, 3.05) is 0 Å². The van der Waals surface area contributed by atoms with Gasteiger partial charge in [0.1, 0.15) is 9.52 Å². The first-order valence-corrected chi connectivity index (χ1v) is 4.66. The summed E-state index contributed by atoms with van der Waals surface area (Å²) in [6.45, 7) is 2.08. The van der Waals surface area contributed by atoms with Gasteiger partial charge in [0.25, 0.3) is 0 Å². The van der Waals surface area contributed by atoms with Crippen molar-refractivity contribution in [3.05, 3.63) is 35.9 Å². The van der Waals surface area contributed by atoms with Crippen LogP contribution in [0.1, 0.15) is 5.56 Å². The molecule has 1 aromatic rings. The van der Waals surface area contributed by atoms with E-state index in [9.17, 15) is 0 Å². The van der Waals surface area contributed by atoms with Crippen molar-refractivity contribution in [2.45, 2.75) is 6.55 Å². The maximum absolute atomic E-state index is 3.06. The van der Waals surface area contributed by atoms with E-state index in [-0.39, 0.29) is 32.7 Å². The number of hydrogen-bond acceptors (Lipinski definition) is 0. The van der Waals surface area contributed by atoms with Gasteiger partial charge in [-0.1, -0.05) is 30.7 Å². The third kappa shape index (κ3) is 4.53. The molecule has 0 spiro atoms. The minimum absolute atomic E-state index is 0. The van der Waals surface area contributed by atoms with E-state index >= 15 is 0 Å². The second-order valence-corrected chi connectivity index (χ2v) is 2.62. The molecule has 0 nitrogen and oxygen atoms in total. The third-order valence-corrected chi connectivity index (χ3v) is 1.48. The molecule has 0 bridgehead atoms. The van der Waals surface area contributed by atoms with Crippen molar-refractivity contribution in [3.8, 4) is 11.5 Å². The largest absolute Gasteiger partial charge is 0.144 e. The molecule has 2 heteroatoms. The fraction of sp³-hybridized carbons (Fsp3) is 0.111. The maximum atomic E-state index is 3.06. The zero-order valence-corrected chi connectivity index (χ0v) is 10.3. The van der Waals surface area contributed by atoms with E-state index in [2.05, 4.69) is 18.0 Å². The van der Waals surface area contributed by atoms with Gasteiger partial charge in [0.05, 0.1) is 0 Å². The zero-order valence-electron chi connectivity index (χ0n) is 6.46. The molecule has 0 aliphatic carbocycles. The summed E-state index contributed by atoms with van der Waals surface area (Å²) in [5, 5.41) is 0. The number of benzene rings is 1. The minimum atomic E-state index is 0. The van der Waals surface area contributed by atoms with Crippen LogP contribution in [0.4, 0.5) is 0 Å². The van der Waals surface area contributed by atoms with Gasteiger partial charge in [-0.2, -0.15) is 0 Å². The second kappa shape index (κ2) is 6.79. The van der Waals surface area contributed by atoms with Crippen LogP contribution in [0.25, 0.3) is 0 Å². The van der Waals surface area contributed by atoms with Gasteiger partial charge >= 0.3 is 0 Å². The molecule has 0 unspecified atom stereocenters. The molecule has 11 heavy (non-hydrogen) atoms. The Kier molecular flexibility index (Phi) is 6.85. The van der Waals surface area contributed by atoms with Crippen molar-refractivity contribution in [3.63, 3.8) is 0 Å². The predicted octanol–water partition coefficient (Wildman–Crippen LogP) is 1.75. The van der Waals surface area contributed by atoms with Crippen molar-refractivity contribution >= 4 is 9.52 Å². The number of rotatable bonds is 0. The van der Waals surface area contributed by atoms with E-state index in [4.69, 9.17) is 0 Å². The van der Waals surface area contributed by atoms with Crippen LogP contribution in [-0.4, -0.2) is 9.52 Å². The van der Waals surface area contributed by atoms with Crippen molar-refractivity contribution in [2.24, 2.45) is 0 Å². The smallest absolute Gasteiger partial charge is 0.130 e. The molecule has 0 atom stereocenters. The first-order valence-electron chi connectivity index (χ1n) is 3.16. The molecule has 0 fully saturated rings. The molecule has 0 aromatic heterocycles. The minimum Gasteiger partial charge on any atom is -0.130 e. The van der Waals surface area contributed by atoms with Crippen LogP contribution in [0, 0.1) is 11.5 Å². The standard InChI is InChI=1S/C9H8Si.Y/c1-10-8-7-9-5-3-2-4-6-9;/h2-6H,1H3;. The summed E-state index contributed by atoms with van der Waals surface area (Å²) in [5.74, 6) is 3.06. The Balaban J connectivity index is 0.000001000. The Labute approximate surface area is 95.5 Å². The van der Waals surface area contributed by atoms with Crippen LogP contribution in [0.5, 0.6) is 0 Å². The molecule has 0 saturated carbocycles. The van der Waals surface area contributed by atoms with E-state index in [0.29, 0.717) is 0 Å². The normalized spacial score (nSPS) is 7.36. The van der Waals surface area contributed by atoms with Gasteiger partial charge in [0.2, 0.25) is 0 Å². The van der Waals surface area contributed by atoms with E-state index in [1.54, 1.807) is 0 Å².